The fourth-order valence-corrected chi connectivity index (χ4v) is 2.37. The van der Waals surface area contributed by atoms with Gasteiger partial charge in [0.1, 0.15) is 5.54 Å². The van der Waals surface area contributed by atoms with Gasteiger partial charge < -0.3 is 16.0 Å². The van der Waals surface area contributed by atoms with Crippen molar-refractivity contribution in [3.63, 3.8) is 0 Å². The van der Waals surface area contributed by atoms with E-state index in [-0.39, 0.29) is 30.3 Å². The van der Waals surface area contributed by atoms with Crippen LogP contribution in [0.25, 0.3) is 0 Å². The van der Waals surface area contributed by atoms with Gasteiger partial charge in [0.2, 0.25) is 5.91 Å². The Morgan fingerprint density at radius 2 is 1.90 bits per heavy atom. The highest BCUT2D eigenvalue weighted by Crippen LogP contribution is 2.15. The van der Waals surface area contributed by atoms with Gasteiger partial charge in [-0.3, -0.25) is 9.59 Å². The lowest BCUT2D eigenvalue weighted by Gasteiger charge is -2.30. The number of hydrogen-bond donors (Lipinski definition) is 2. The van der Waals surface area contributed by atoms with Crippen molar-refractivity contribution in [1.82, 2.24) is 10.2 Å². The molecule has 5 nitrogen and oxygen atoms in total. The highest BCUT2D eigenvalue weighted by molar-refractivity contribution is 5.98. The molecule has 1 fully saturated rings. The van der Waals surface area contributed by atoms with E-state index in [1.54, 1.807) is 43.0 Å². The van der Waals surface area contributed by atoms with Crippen molar-refractivity contribution in [1.29, 1.82) is 0 Å². The molecular weight excluding hydrogens is 290 g/mol. The molecular formula is C15H22ClN3O2. The first-order chi connectivity index (χ1) is 9.40. The Labute approximate surface area is 131 Å². The SMILES string of the molecule is CC(C)(NC(=O)c1ccccc1)C(=O)N1CCC(N)C1.Cl. The van der Waals surface area contributed by atoms with Gasteiger partial charge in [-0.15, -0.1) is 12.4 Å². The lowest BCUT2D eigenvalue weighted by Crippen LogP contribution is -2.55. The van der Waals surface area contributed by atoms with Crippen LogP contribution in [0, 0.1) is 0 Å². The molecule has 1 aliphatic heterocycles. The number of amides is 2. The van der Waals surface area contributed by atoms with E-state index in [1.165, 1.54) is 0 Å². The lowest BCUT2D eigenvalue weighted by atomic mass is 10.0. The van der Waals surface area contributed by atoms with Crippen molar-refractivity contribution < 1.29 is 9.59 Å². The van der Waals surface area contributed by atoms with Gasteiger partial charge in [-0.05, 0) is 32.4 Å². The minimum Gasteiger partial charge on any atom is -0.339 e. The van der Waals surface area contributed by atoms with E-state index in [4.69, 9.17) is 5.73 Å². The average Bonchev–Trinajstić information content (AvgIpc) is 2.85. The molecule has 2 amide bonds. The Bertz CT molecular complexity index is 505. The summed E-state index contributed by atoms with van der Waals surface area (Å²) in [7, 11) is 0. The van der Waals surface area contributed by atoms with Crippen molar-refractivity contribution in [2.24, 2.45) is 5.73 Å². The quantitative estimate of drug-likeness (QED) is 0.880. The summed E-state index contributed by atoms with van der Waals surface area (Å²) in [5.41, 5.74) is 5.43. The van der Waals surface area contributed by atoms with Crippen LogP contribution < -0.4 is 11.1 Å². The third-order valence-corrected chi connectivity index (χ3v) is 3.51. The summed E-state index contributed by atoms with van der Waals surface area (Å²) in [6.45, 7) is 4.66. The first-order valence-corrected chi connectivity index (χ1v) is 6.82. The zero-order chi connectivity index (χ0) is 14.8. The van der Waals surface area contributed by atoms with Gasteiger partial charge in [0.25, 0.3) is 5.91 Å². The Kier molecular flexibility index (Phi) is 5.75. The molecule has 1 saturated heterocycles. The topological polar surface area (TPSA) is 75.4 Å². The standard InChI is InChI=1S/C15H21N3O2.ClH/c1-15(2,14(20)18-9-8-12(16)10-18)17-13(19)11-6-4-3-5-7-11;/h3-7,12H,8-10,16H2,1-2H3,(H,17,19);1H. The van der Waals surface area contributed by atoms with Crippen molar-refractivity contribution in [3.05, 3.63) is 35.9 Å². The minimum absolute atomic E-state index is 0. The molecule has 21 heavy (non-hydrogen) atoms. The van der Waals surface area contributed by atoms with Crippen LogP contribution in [0.3, 0.4) is 0 Å². The Morgan fingerprint density at radius 3 is 2.43 bits per heavy atom. The molecule has 6 heteroatoms. The number of benzene rings is 1. The van der Waals surface area contributed by atoms with Crippen molar-refractivity contribution in [2.45, 2.75) is 31.8 Å². The van der Waals surface area contributed by atoms with E-state index < -0.39 is 5.54 Å². The van der Waals surface area contributed by atoms with Crippen LogP contribution in [0.4, 0.5) is 0 Å². The zero-order valence-electron chi connectivity index (χ0n) is 12.3. The van der Waals surface area contributed by atoms with Gasteiger partial charge in [0, 0.05) is 24.7 Å². The number of nitrogens with one attached hydrogen (secondary N) is 1. The predicted molar refractivity (Wildman–Crippen MR) is 84.4 cm³/mol. The predicted octanol–water partition coefficient (Wildman–Crippen LogP) is 1.18. The molecule has 116 valence electrons. The second-order valence-electron chi connectivity index (χ2n) is 5.75. The van der Waals surface area contributed by atoms with Crippen LogP contribution in [0.15, 0.2) is 30.3 Å². The maximum absolute atomic E-state index is 12.4. The van der Waals surface area contributed by atoms with E-state index in [0.29, 0.717) is 18.7 Å². The Balaban J connectivity index is 0.00000220. The van der Waals surface area contributed by atoms with Crippen LogP contribution in [-0.2, 0) is 4.79 Å². The van der Waals surface area contributed by atoms with Gasteiger partial charge in [0.15, 0.2) is 0 Å². The molecule has 1 aromatic carbocycles. The van der Waals surface area contributed by atoms with Crippen LogP contribution in [-0.4, -0.2) is 41.4 Å². The fraction of sp³-hybridized carbons (Fsp3) is 0.467. The number of halogens is 1. The van der Waals surface area contributed by atoms with E-state index in [2.05, 4.69) is 5.32 Å². The molecule has 0 radical (unpaired) electrons. The molecule has 0 bridgehead atoms. The molecule has 1 unspecified atom stereocenters. The number of nitrogens with zero attached hydrogens (tertiary/aromatic N) is 1. The van der Waals surface area contributed by atoms with E-state index >= 15 is 0 Å². The summed E-state index contributed by atoms with van der Waals surface area (Å²) in [5, 5.41) is 2.79. The third-order valence-electron chi connectivity index (χ3n) is 3.51. The maximum Gasteiger partial charge on any atom is 0.252 e. The van der Waals surface area contributed by atoms with Crippen molar-refractivity contribution >= 4 is 24.2 Å². The summed E-state index contributed by atoms with van der Waals surface area (Å²) in [6.07, 6.45) is 0.814. The lowest BCUT2D eigenvalue weighted by molar-refractivity contribution is -0.135. The van der Waals surface area contributed by atoms with Gasteiger partial charge in [0.05, 0.1) is 0 Å². The Morgan fingerprint density at radius 1 is 1.29 bits per heavy atom. The number of hydrogen-bond acceptors (Lipinski definition) is 3. The third kappa shape index (κ3) is 4.19. The van der Waals surface area contributed by atoms with E-state index in [0.717, 1.165) is 6.42 Å². The first kappa shape index (κ1) is 17.5. The fourth-order valence-electron chi connectivity index (χ4n) is 2.37. The number of rotatable bonds is 3. The summed E-state index contributed by atoms with van der Waals surface area (Å²) in [6, 6.07) is 8.92. The number of carbonyl (C=O) groups is 2. The normalized spacial score (nSPS) is 18.0. The van der Waals surface area contributed by atoms with Gasteiger partial charge in [-0.25, -0.2) is 0 Å². The van der Waals surface area contributed by atoms with Gasteiger partial charge in [-0.2, -0.15) is 0 Å². The Hall–Kier alpha value is -1.59. The molecule has 1 aromatic rings. The molecule has 2 rings (SSSR count). The number of likely N-dealkylation sites (tertiary alicyclic amines) is 1. The zero-order valence-corrected chi connectivity index (χ0v) is 13.2. The van der Waals surface area contributed by atoms with Gasteiger partial charge >= 0.3 is 0 Å². The highest BCUT2D eigenvalue weighted by Gasteiger charge is 2.36. The molecule has 0 spiro atoms. The summed E-state index contributed by atoms with van der Waals surface area (Å²) < 4.78 is 0. The molecule has 0 aromatic heterocycles. The summed E-state index contributed by atoms with van der Waals surface area (Å²) in [5.74, 6) is -0.331. The maximum atomic E-state index is 12.4. The molecule has 0 aliphatic carbocycles. The van der Waals surface area contributed by atoms with Crippen LogP contribution in [0.5, 0.6) is 0 Å². The van der Waals surface area contributed by atoms with Crippen LogP contribution >= 0.6 is 12.4 Å². The molecule has 1 aliphatic rings. The molecule has 1 heterocycles. The average molecular weight is 312 g/mol. The summed E-state index contributed by atoms with van der Waals surface area (Å²) in [4.78, 5) is 26.3. The van der Waals surface area contributed by atoms with Crippen LogP contribution in [0.2, 0.25) is 0 Å². The number of carbonyl (C=O) groups excluding carboxylic acids is 2. The van der Waals surface area contributed by atoms with Crippen LogP contribution in [0.1, 0.15) is 30.6 Å². The van der Waals surface area contributed by atoms with Crippen molar-refractivity contribution in [2.75, 3.05) is 13.1 Å². The number of nitrogens with two attached hydrogens (primary N) is 1. The highest BCUT2D eigenvalue weighted by atomic mass is 35.5. The second-order valence-corrected chi connectivity index (χ2v) is 5.75. The second kappa shape index (κ2) is 6.91. The van der Waals surface area contributed by atoms with E-state index in [9.17, 15) is 9.59 Å². The smallest absolute Gasteiger partial charge is 0.252 e. The summed E-state index contributed by atoms with van der Waals surface area (Å²) >= 11 is 0. The van der Waals surface area contributed by atoms with Gasteiger partial charge in [-0.1, -0.05) is 18.2 Å². The minimum atomic E-state index is -0.934. The van der Waals surface area contributed by atoms with Crippen molar-refractivity contribution in [3.8, 4) is 0 Å². The monoisotopic (exact) mass is 311 g/mol. The molecule has 1 atom stereocenters. The molecule has 0 saturated carbocycles. The largest absolute Gasteiger partial charge is 0.339 e. The molecule has 3 N–H and O–H groups in total. The van der Waals surface area contributed by atoms with E-state index in [1.807, 2.05) is 6.07 Å². The first-order valence-electron chi connectivity index (χ1n) is 6.82.